The zero-order valence-corrected chi connectivity index (χ0v) is 10.2. The Bertz CT molecular complexity index is 506. The molecule has 0 unspecified atom stereocenters. The maximum absolute atomic E-state index is 11.7. The molecule has 2 aromatic rings. The highest BCUT2D eigenvalue weighted by Crippen LogP contribution is 2.07. The number of hydrogen-bond acceptors (Lipinski definition) is 3. The zero-order chi connectivity index (χ0) is 12.8. The number of amides is 1. The van der Waals surface area contributed by atoms with Crippen molar-refractivity contribution < 1.29 is 13.9 Å². The van der Waals surface area contributed by atoms with Crippen LogP contribution in [0.2, 0.25) is 0 Å². The molecule has 18 heavy (non-hydrogen) atoms. The van der Waals surface area contributed by atoms with Crippen LogP contribution in [0.25, 0.3) is 0 Å². The molecule has 0 aliphatic heterocycles. The number of ether oxygens (including phenoxy) is 1. The minimum atomic E-state index is -0.138. The van der Waals surface area contributed by atoms with Gasteiger partial charge in [-0.3, -0.25) is 4.79 Å². The van der Waals surface area contributed by atoms with Gasteiger partial charge in [-0.15, -0.1) is 0 Å². The van der Waals surface area contributed by atoms with Gasteiger partial charge in [-0.05, 0) is 17.2 Å². The average molecular weight is 245 g/mol. The van der Waals surface area contributed by atoms with Gasteiger partial charge in [0.2, 0.25) is 0 Å². The fourth-order valence-electron chi connectivity index (χ4n) is 1.67. The Balaban J connectivity index is 1.93. The molecule has 4 nitrogen and oxygen atoms in total. The Morgan fingerprint density at radius 2 is 2.17 bits per heavy atom. The van der Waals surface area contributed by atoms with Gasteiger partial charge < -0.3 is 14.5 Å². The van der Waals surface area contributed by atoms with Gasteiger partial charge in [0.05, 0.1) is 18.4 Å². The molecule has 2 rings (SSSR count). The summed E-state index contributed by atoms with van der Waals surface area (Å²) in [6.45, 7) is 1.06. The molecule has 0 aliphatic rings. The van der Waals surface area contributed by atoms with E-state index in [-0.39, 0.29) is 5.91 Å². The van der Waals surface area contributed by atoms with Gasteiger partial charge in [0.25, 0.3) is 5.91 Å². The average Bonchev–Trinajstić information content (AvgIpc) is 2.91. The lowest BCUT2D eigenvalue weighted by atomic mass is 10.1. The van der Waals surface area contributed by atoms with E-state index in [0.29, 0.717) is 18.7 Å². The highest BCUT2D eigenvalue weighted by Gasteiger charge is 2.06. The van der Waals surface area contributed by atoms with Crippen LogP contribution in [-0.4, -0.2) is 13.0 Å². The van der Waals surface area contributed by atoms with E-state index in [1.54, 1.807) is 13.2 Å². The second kappa shape index (κ2) is 6.02. The summed E-state index contributed by atoms with van der Waals surface area (Å²) in [5.74, 6) is -0.138. The maximum Gasteiger partial charge on any atom is 0.254 e. The van der Waals surface area contributed by atoms with Crippen molar-refractivity contribution in [3.05, 3.63) is 59.5 Å². The van der Waals surface area contributed by atoms with Crippen LogP contribution in [0.3, 0.4) is 0 Å². The van der Waals surface area contributed by atoms with Crippen LogP contribution in [0.4, 0.5) is 0 Å². The van der Waals surface area contributed by atoms with Crippen molar-refractivity contribution >= 4 is 5.91 Å². The van der Waals surface area contributed by atoms with Crippen molar-refractivity contribution in [2.45, 2.75) is 13.2 Å². The Morgan fingerprint density at radius 3 is 2.89 bits per heavy atom. The van der Waals surface area contributed by atoms with Crippen molar-refractivity contribution in [2.24, 2.45) is 0 Å². The molecular weight excluding hydrogens is 230 g/mol. The lowest BCUT2D eigenvalue weighted by molar-refractivity contribution is 0.0950. The number of rotatable bonds is 5. The van der Waals surface area contributed by atoms with Crippen molar-refractivity contribution in [3.63, 3.8) is 0 Å². The Labute approximate surface area is 106 Å². The molecule has 0 bridgehead atoms. The zero-order valence-electron chi connectivity index (χ0n) is 10.2. The number of furan rings is 1. The first-order chi connectivity index (χ1) is 8.79. The van der Waals surface area contributed by atoms with Gasteiger partial charge in [0.1, 0.15) is 6.26 Å². The number of benzene rings is 1. The summed E-state index contributed by atoms with van der Waals surface area (Å²) in [5, 5.41) is 2.83. The molecule has 0 spiro atoms. The molecule has 1 N–H and O–H groups in total. The Kier molecular flexibility index (Phi) is 4.15. The molecular formula is C14H15NO3. The van der Waals surface area contributed by atoms with Crippen LogP contribution in [0.1, 0.15) is 21.5 Å². The molecule has 1 aromatic carbocycles. The molecule has 0 aliphatic carbocycles. The standard InChI is InChI=1S/C14H15NO3/c1-17-9-12-4-2-3-11(7-12)8-15-14(16)13-5-6-18-10-13/h2-7,10H,8-9H2,1H3,(H,15,16). The first-order valence-corrected chi connectivity index (χ1v) is 5.67. The van der Waals surface area contributed by atoms with E-state index in [9.17, 15) is 4.79 Å². The summed E-state index contributed by atoms with van der Waals surface area (Å²) in [6.07, 6.45) is 2.91. The van der Waals surface area contributed by atoms with Crippen LogP contribution >= 0.6 is 0 Å². The quantitative estimate of drug-likeness (QED) is 0.879. The summed E-state index contributed by atoms with van der Waals surface area (Å²) in [5.41, 5.74) is 2.66. The van der Waals surface area contributed by atoms with Gasteiger partial charge in [0, 0.05) is 13.7 Å². The van der Waals surface area contributed by atoms with E-state index in [0.717, 1.165) is 11.1 Å². The van der Waals surface area contributed by atoms with Crippen LogP contribution in [0.15, 0.2) is 47.3 Å². The number of carbonyl (C=O) groups excluding carboxylic acids is 1. The van der Waals surface area contributed by atoms with E-state index < -0.39 is 0 Å². The van der Waals surface area contributed by atoms with Gasteiger partial charge in [0.15, 0.2) is 0 Å². The van der Waals surface area contributed by atoms with E-state index >= 15 is 0 Å². The number of carbonyl (C=O) groups is 1. The van der Waals surface area contributed by atoms with Gasteiger partial charge in [-0.2, -0.15) is 0 Å². The monoisotopic (exact) mass is 245 g/mol. The minimum absolute atomic E-state index is 0.138. The molecule has 0 saturated carbocycles. The summed E-state index contributed by atoms with van der Waals surface area (Å²) in [6, 6.07) is 9.56. The van der Waals surface area contributed by atoms with E-state index in [1.807, 2.05) is 24.3 Å². The van der Waals surface area contributed by atoms with Crippen LogP contribution in [0, 0.1) is 0 Å². The summed E-state index contributed by atoms with van der Waals surface area (Å²) in [7, 11) is 1.66. The molecule has 0 radical (unpaired) electrons. The van der Waals surface area contributed by atoms with E-state index in [2.05, 4.69) is 5.32 Å². The normalized spacial score (nSPS) is 10.3. The smallest absolute Gasteiger partial charge is 0.254 e. The Morgan fingerprint density at radius 1 is 1.33 bits per heavy atom. The van der Waals surface area contributed by atoms with Crippen LogP contribution < -0.4 is 5.32 Å². The lowest BCUT2D eigenvalue weighted by Gasteiger charge is -2.06. The third kappa shape index (κ3) is 3.21. The van der Waals surface area contributed by atoms with Gasteiger partial charge in [-0.25, -0.2) is 0 Å². The summed E-state index contributed by atoms with van der Waals surface area (Å²) in [4.78, 5) is 11.7. The van der Waals surface area contributed by atoms with E-state index in [4.69, 9.17) is 9.15 Å². The molecule has 1 aromatic heterocycles. The van der Waals surface area contributed by atoms with Crippen molar-refractivity contribution in [1.82, 2.24) is 5.32 Å². The molecule has 0 saturated heterocycles. The second-order valence-electron chi connectivity index (χ2n) is 3.95. The molecule has 1 heterocycles. The fourth-order valence-corrected chi connectivity index (χ4v) is 1.67. The predicted molar refractivity (Wildman–Crippen MR) is 67.0 cm³/mol. The molecule has 0 atom stereocenters. The third-order valence-electron chi connectivity index (χ3n) is 2.54. The number of hydrogen-bond donors (Lipinski definition) is 1. The highest BCUT2D eigenvalue weighted by atomic mass is 16.5. The molecule has 4 heteroatoms. The van der Waals surface area contributed by atoms with E-state index in [1.165, 1.54) is 12.5 Å². The van der Waals surface area contributed by atoms with Gasteiger partial charge in [-0.1, -0.05) is 24.3 Å². The fraction of sp³-hybridized carbons (Fsp3) is 0.214. The molecule has 0 fully saturated rings. The first-order valence-electron chi connectivity index (χ1n) is 5.67. The summed E-state index contributed by atoms with van der Waals surface area (Å²) >= 11 is 0. The van der Waals surface area contributed by atoms with Gasteiger partial charge >= 0.3 is 0 Å². The topological polar surface area (TPSA) is 51.5 Å². The van der Waals surface area contributed by atoms with Crippen molar-refractivity contribution in [1.29, 1.82) is 0 Å². The molecule has 1 amide bonds. The van der Waals surface area contributed by atoms with Crippen molar-refractivity contribution in [2.75, 3.05) is 7.11 Å². The third-order valence-corrected chi connectivity index (χ3v) is 2.54. The van der Waals surface area contributed by atoms with Crippen molar-refractivity contribution in [3.8, 4) is 0 Å². The van der Waals surface area contributed by atoms with Crippen LogP contribution in [0.5, 0.6) is 0 Å². The minimum Gasteiger partial charge on any atom is -0.472 e. The number of methoxy groups -OCH3 is 1. The lowest BCUT2D eigenvalue weighted by Crippen LogP contribution is -2.22. The number of nitrogens with one attached hydrogen (secondary N) is 1. The summed E-state index contributed by atoms with van der Waals surface area (Å²) < 4.78 is 9.93. The SMILES string of the molecule is COCc1cccc(CNC(=O)c2ccoc2)c1. The Hall–Kier alpha value is -2.07. The predicted octanol–water partition coefficient (Wildman–Crippen LogP) is 2.36. The van der Waals surface area contributed by atoms with Crippen LogP contribution in [-0.2, 0) is 17.9 Å². The highest BCUT2D eigenvalue weighted by molar-refractivity contribution is 5.93. The second-order valence-corrected chi connectivity index (χ2v) is 3.95. The molecule has 94 valence electrons. The first kappa shape index (κ1) is 12.4. The largest absolute Gasteiger partial charge is 0.472 e. The maximum atomic E-state index is 11.7.